The summed E-state index contributed by atoms with van der Waals surface area (Å²) in [5.74, 6) is 0.379. The number of amides is 1. The Hall–Kier alpha value is -2.42. The molecule has 2 aromatic carbocycles. The minimum atomic E-state index is -3.56. The van der Waals surface area contributed by atoms with Gasteiger partial charge in [-0.05, 0) is 49.2 Å². The number of morpholine rings is 1. The highest BCUT2D eigenvalue weighted by atomic mass is 32.2. The molecular formula is C21H26N2O5S. The van der Waals surface area contributed by atoms with Gasteiger partial charge in [-0.25, -0.2) is 8.42 Å². The maximum atomic E-state index is 12.7. The SMILES string of the molecule is CCc1ccccc1OC(C)C(=O)Nc1ccc(S(=O)(=O)N2CCOCC2)cc1. The van der Waals surface area contributed by atoms with E-state index in [1.807, 2.05) is 31.2 Å². The Morgan fingerprint density at radius 1 is 1.14 bits per heavy atom. The van der Waals surface area contributed by atoms with E-state index in [1.165, 1.54) is 16.4 Å². The topological polar surface area (TPSA) is 84.9 Å². The van der Waals surface area contributed by atoms with E-state index in [9.17, 15) is 13.2 Å². The Bertz CT molecular complexity index is 938. The average Bonchev–Trinajstić information content (AvgIpc) is 2.75. The lowest BCUT2D eigenvalue weighted by Crippen LogP contribution is -2.40. The summed E-state index contributed by atoms with van der Waals surface area (Å²) in [6, 6.07) is 13.8. The van der Waals surface area contributed by atoms with E-state index >= 15 is 0 Å². The Labute approximate surface area is 171 Å². The van der Waals surface area contributed by atoms with Crippen molar-refractivity contribution in [1.82, 2.24) is 4.31 Å². The predicted octanol–water partition coefficient (Wildman–Crippen LogP) is 2.68. The van der Waals surface area contributed by atoms with Gasteiger partial charge < -0.3 is 14.8 Å². The van der Waals surface area contributed by atoms with Crippen LogP contribution in [0.4, 0.5) is 5.69 Å². The number of ether oxygens (including phenoxy) is 2. The minimum absolute atomic E-state index is 0.193. The van der Waals surface area contributed by atoms with E-state index in [4.69, 9.17) is 9.47 Å². The molecule has 0 spiro atoms. The van der Waals surface area contributed by atoms with Crippen LogP contribution < -0.4 is 10.1 Å². The summed E-state index contributed by atoms with van der Waals surface area (Å²) < 4.78 is 37.7. The second-order valence-electron chi connectivity index (χ2n) is 6.75. The molecule has 1 amide bonds. The van der Waals surface area contributed by atoms with E-state index in [0.29, 0.717) is 37.7 Å². The molecule has 8 heteroatoms. The van der Waals surface area contributed by atoms with Gasteiger partial charge in [0.1, 0.15) is 5.75 Å². The summed E-state index contributed by atoms with van der Waals surface area (Å²) in [6.07, 6.45) is 0.114. The highest BCUT2D eigenvalue weighted by Gasteiger charge is 2.26. The molecule has 3 rings (SSSR count). The Morgan fingerprint density at radius 2 is 1.79 bits per heavy atom. The largest absolute Gasteiger partial charge is 0.481 e. The molecule has 0 saturated carbocycles. The van der Waals surface area contributed by atoms with Crippen LogP contribution in [0.1, 0.15) is 19.4 Å². The first kappa shape index (κ1) is 21.3. The third-order valence-electron chi connectivity index (χ3n) is 4.76. The standard InChI is InChI=1S/C21H26N2O5S/c1-3-17-6-4-5-7-20(17)28-16(2)21(24)22-18-8-10-19(11-9-18)29(25,26)23-12-14-27-15-13-23/h4-11,16H,3,12-15H2,1-2H3,(H,22,24). The molecule has 1 atom stereocenters. The summed E-state index contributed by atoms with van der Waals surface area (Å²) in [4.78, 5) is 12.7. The van der Waals surface area contributed by atoms with E-state index in [2.05, 4.69) is 5.32 Å². The highest BCUT2D eigenvalue weighted by molar-refractivity contribution is 7.89. The smallest absolute Gasteiger partial charge is 0.265 e. The maximum absolute atomic E-state index is 12.7. The normalized spacial score (nSPS) is 16.2. The van der Waals surface area contributed by atoms with Crippen LogP contribution in [0.25, 0.3) is 0 Å². The van der Waals surface area contributed by atoms with E-state index in [0.717, 1.165) is 12.0 Å². The molecular weight excluding hydrogens is 392 g/mol. The first-order chi connectivity index (χ1) is 13.9. The fraction of sp³-hybridized carbons (Fsp3) is 0.381. The molecule has 1 fully saturated rings. The average molecular weight is 419 g/mol. The van der Waals surface area contributed by atoms with Crippen molar-refractivity contribution < 1.29 is 22.7 Å². The molecule has 0 aliphatic carbocycles. The fourth-order valence-electron chi connectivity index (χ4n) is 3.05. The van der Waals surface area contributed by atoms with Gasteiger partial charge in [-0.15, -0.1) is 0 Å². The lowest BCUT2D eigenvalue weighted by molar-refractivity contribution is -0.122. The second kappa shape index (κ2) is 9.39. The quantitative estimate of drug-likeness (QED) is 0.747. The van der Waals surface area contributed by atoms with Gasteiger partial charge in [0.2, 0.25) is 10.0 Å². The van der Waals surface area contributed by atoms with Crippen LogP contribution in [0.3, 0.4) is 0 Å². The molecule has 1 N–H and O–H groups in total. The number of sulfonamides is 1. The minimum Gasteiger partial charge on any atom is -0.481 e. The summed E-state index contributed by atoms with van der Waals surface area (Å²) in [7, 11) is -3.56. The zero-order valence-electron chi connectivity index (χ0n) is 16.6. The highest BCUT2D eigenvalue weighted by Crippen LogP contribution is 2.22. The summed E-state index contributed by atoms with van der Waals surface area (Å²) in [5, 5.41) is 2.77. The van der Waals surface area contributed by atoms with Crippen LogP contribution >= 0.6 is 0 Å². The van der Waals surface area contributed by atoms with E-state index in [-0.39, 0.29) is 10.8 Å². The van der Waals surface area contributed by atoms with Crippen molar-refractivity contribution in [3.63, 3.8) is 0 Å². The van der Waals surface area contributed by atoms with Gasteiger partial charge in [-0.2, -0.15) is 4.31 Å². The molecule has 29 heavy (non-hydrogen) atoms. The molecule has 0 radical (unpaired) electrons. The zero-order valence-corrected chi connectivity index (χ0v) is 17.4. The number of carbonyl (C=O) groups is 1. The number of para-hydroxylation sites is 1. The maximum Gasteiger partial charge on any atom is 0.265 e. The lowest BCUT2D eigenvalue weighted by Gasteiger charge is -2.26. The summed E-state index contributed by atoms with van der Waals surface area (Å²) in [6.45, 7) is 5.18. The number of benzene rings is 2. The van der Waals surface area contributed by atoms with Crippen LogP contribution in [0.5, 0.6) is 5.75 Å². The number of hydrogen-bond donors (Lipinski definition) is 1. The van der Waals surface area contributed by atoms with Crippen molar-refractivity contribution >= 4 is 21.6 Å². The van der Waals surface area contributed by atoms with E-state index < -0.39 is 16.1 Å². The molecule has 156 valence electrons. The molecule has 1 aliphatic heterocycles. The molecule has 1 saturated heterocycles. The Balaban J connectivity index is 1.63. The predicted molar refractivity (Wildman–Crippen MR) is 111 cm³/mol. The van der Waals surface area contributed by atoms with Gasteiger partial charge in [0.15, 0.2) is 6.10 Å². The Kier molecular flexibility index (Phi) is 6.89. The van der Waals surface area contributed by atoms with Gasteiger partial charge in [0.05, 0.1) is 18.1 Å². The van der Waals surface area contributed by atoms with Crippen LogP contribution in [-0.2, 0) is 26.0 Å². The Morgan fingerprint density at radius 3 is 2.45 bits per heavy atom. The van der Waals surface area contributed by atoms with Gasteiger partial charge >= 0.3 is 0 Å². The molecule has 0 aromatic heterocycles. The van der Waals surface area contributed by atoms with Crippen LogP contribution in [0.15, 0.2) is 53.4 Å². The van der Waals surface area contributed by atoms with Crippen molar-refractivity contribution in [3.8, 4) is 5.75 Å². The summed E-state index contributed by atoms with van der Waals surface area (Å²) in [5.41, 5.74) is 1.54. The zero-order chi connectivity index (χ0) is 20.9. The van der Waals surface area contributed by atoms with Crippen molar-refractivity contribution in [3.05, 3.63) is 54.1 Å². The van der Waals surface area contributed by atoms with Crippen LogP contribution in [0, 0.1) is 0 Å². The second-order valence-corrected chi connectivity index (χ2v) is 8.69. The summed E-state index contributed by atoms with van der Waals surface area (Å²) >= 11 is 0. The van der Waals surface area contributed by atoms with Gasteiger partial charge in [0, 0.05) is 18.8 Å². The third-order valence-corrected chi connectivity index (χ3v) is 6.67. The van der Waals surface area contributed by atoms with Crippen molar-refractivity contribution in [2.75, 3.05) is 31.6 Å². The third kappa shape index (κ3) is 5.14. The number of aryl methyl sites for hydroxylation is 1. The number of carbonyl (C=O) groups excluding carboxylic acids is 1. The van der Waals surface area contributed by atoms with Crippen molar-refractivity contribution in [1.29, 1.82) is 0 Å². The number of anilines is 1. The van der Waals surface area contributed by atoms with Gasteiger partial charge in [-0.1, -0.05) is 25.1 Å². The molecule has 1 unspecified atom stereocenters. The van der Waals surface area contributed by atoms with Crippen molar-refractivity contribution in [2.45, 2.75) is 31.3 Å². The van der Waals surface area contributed by atoms with Crippen LogP contribution in [0.2, 0.25) is 0 Å². The first-order valence-corrected chi connectivity index (χ1v) is 11.1. The van der Waals surface area contributed by atoms with Crippen molar-refractivity contribution in [2.24, 2.45) is 0 Å². The number of nitrogens with one attached hydrogen (secondary N) is 1. The number of nitrogens with zero attached hydrogens (tertiary/aromatic N) is 1. The van der Waals surface area contributed by atoms with Gasteiger partial charge in [0.25, 0.3) is 5.91 Å². The molecule has 7 nitrogen and oxygen atoms in total. The molecule has 1 aliphatic rings. The molecule has 1 heterocycles. The molecule has 2 aromatic rings. The first-order valence-electron chi connectivity index (χ1n) is 9.65. The van der Waals surface area contributed by atoms with Gasteiger partial charge in [-0.3, -0.25) is 4.79 Å². The van der Waals surface area contributed by atoms with E-state index in [1.54, 1.807) is 19.1 Å². The lowest BCUT2D eigenvalue weighted by atomic mass is 10.1. The fourth-order valence-corrected chi connectivity index (χ4v) is 4.45. The van der Waals surface area contributed by atoms with Crippen LogP contribution in [-0.4, -0.2) is 51.0 Å². The number of rotatable bonds is 7. The monoisotopic (exact) mass is 418 g/mol. The number of hydrogen-bond acceptors (Lipinski definition) is 5. The molecule has 0 bridgehead atoms.